The third kappa shape index (κ3) is 6.39. The van der Waals surface area contributed by atoms with E-state index in [0.29, 0.717) is 19.0 Å². The van der Waals surface area contributed by atoms with Gasteiger partial charge >= 0.3 is 0 Å². The van der Waals surface area contributed by atoms with Gasteiger partial charge in [0, 0.05) is 17.0 Å². The number of nitrogens with one attached hydrogen (secondary N) is 1. The van der Waals surface area contributed by atoms with Crippen molar-refractivity contribution in [1.82, 2.24) is 25.6 Å². The summed E-state index contributed by atoms with van der Waals surface area (Å²) in [6.07, 6.45) is 16.8. The maximum absolute atomic E-state index is 13.5. The van der Waals surface area contributed by atoms with Crippen LogP contribution >= 0.6 is 0 Å². The van der Waals surface area contributed by atoms with E-state index in [2.05, 4.69) is 44.9 Å². The van der Waals surface area contributed by atoms with Gasteiger partial charge in [0.25, 0.3) is 0 Å². The number of rotatable bonds is 9. The number of nitrogens with zero attached hydrogens (tertiary/aromatic N) is 5. The fourth-order valence-corrected chi connectivity index (χ4v) is 5.99. The number of tetrazole rings is 1. The molecule has 9 nitrogen and oxygen atoms in total. The van der Waals surface area contributed by atoms with E-state index < -0.39 is 0 Å². The zero-order chi connectivity index (χ0) is 27.9. The monoisotopic (exact) mass is 552 g/mol. The zero-order valence-corrected chi connectivity index (χ0v) is 23.2. The van der Waals surface area contributed by atoms with Crippen LogP contribution in [0.25, 0.3) is 11.4 Å². The second-order valence-corrected chi connectivity index (χ2v) is 10.9. The predicted octanol–water partition coefficient (Wildman–Crippen LogP) is 5.73. The molecule has 2 aliphatic carbocycles. The van der Waals surface area contributed by atoms with Crippen LogP contribution in [-0.4, -0.2) is 56.5 Å². The molecule has 212 valence electrons. The molecule has 0 unspecified atom stereocenters. The molecular formula is C32H36N6O3. The SMILES string of the molecule is O=C1[C@@H]2CC=CC[C@@H]2C(c2cccc(OC/C=C\COc3ccc(-c4nn[nH]n4)cc3)c2)=NN1C1CCCCCC1. The van der Waals surface area contributed by atoms with Crippen molar-refractivity contribution in [2.75, 3.05) is 13.2 Å². The zero-order valence-electron chi connectivity index (χ0n) is 23.2. The molecule has 1 fully saturated rings. The van der Waals surface area contributed by atoms with Gasteiger partial charge in [-0.25, -0.2) is 5.01 Å². The van der Waals surface area contributed by atoms with E-state index in [1.807, 2.05) is 53.6 Å². The van der Waals surface area contributed by atoms with Crippen molar-refractivity contribution in [3.8, 4) is 22.9 Å². The maximum atomic E-state index is 13.5. The van der Waals surface area contributed by atoms with Crippen molar-refractivity contribution in [3.63, 3.8) is 0 Å². The topological polar surface area (TPSA) is 106 Å². The summed E-state index contributed by atoms with van der Waals surface area (Å²) in [5.41, 5.74) is 2.93. The largest absolute Gasteiger partial charge is 0.490 e. The number of aromatic nitrogens is 4. The van der Waals surface area contributed by atoms with Gasteiger partial charge < -0.3 is 9.47 Å². The number of hydrogen-bond acceptors (Lipinski definition) is 7. The van der Waals surface area contributed by atoms with Crippen molar-refractivity contribution >= 4 is 11.6 Å². The molecule has 2 atom stereocenters. The summed E-state index contributed by atoms with van der Waals surface area (Å²) in [4.78, 5) is 13.5. The Bertz CT molecular complexity index is 1390. The molecule has 3 aliphatic rings. The predicted molar refractivity (Wildman–Crippen MR) is 156 cm³/mol. The Morgan fingerprint density at radius 2 is 1.59 bits per heavy atom. The second kappa shape index (κ2) is 12.9. The highest BCUT2D eigenvalue weighted by atomic mass is 16.5. The summed E-state index contributed by atoms with van der Waals surface area (Å²) in [5, 5.41) is 20.9. The molecule has 0 bridgehead atoms. The van der Waals surface area contributed by atoms with Crippen molar-refractivity contribution in [2.45, 2.75) is 57.4 Å². The average Bonchev–Trinajstić information content (AvgIpc) is 3.43. The number of amides is 1. The van der Waals surface area contributed by atoms with Crippen LogP contribution in [0.4, 0.5) is 0 Å². The number of carbonyl (C=O) groups is 1. The van der Waals surface area contributed by atoms with Crippen LogP contribution in [0.5, 0.6) is 11.5 Å². The molecule has 1 amide bonds. The Morgan fingerprint density at radius 3 is 2.32 bits per heavy atom. The van der Waals surface area contributed by atoms with E-state index in [4.69, 9.17) is 14.6 Å². The van der Waals surface area contributed by atoms with E-state index in [-0.39, 0.29) is 23.8 Å². The van der Waals surface area contributed by atoms with Gasteiger partial charge in [0.15, 0.2) is 0 Å². The van der Waals surface area contributed by atoms with E-state index in [1.54, 1.807) is 0 Å². The maximum Gasteiger partial charge on any atom is 0.247 e. The summed E-state index contributed by atoms with van der Waals surface area (Å²) < 4.78 is 11.8. The number of allylic oxidation sites excluding steroid dienone is 2. The summed E-state index contributed by atoms with van der Waals surface area (Å²) in [6.45, 7) is 0.862. The number of hydrazone groups is 1. The molecule has 6 rings (SSSR count). The van der Waals surface area contributed by atoms with Gasteiger partial charge in [-0.15, -0.1) is 10.2 Å². The van der Waals surface area contributed by atoms with Gasteiger partial charge in [0.05, 0.1) is 17.7 Å². The van der Waals surface area contributed by atoms with Crippen LogP contribution in [0.3, 0.4) is 0 Å². The van der Waals surface area contributed by atoms with Crippen LogP contribution in [0.15, 0.2) is 77.9 Å². The van der Waals surface area contributed by atoms with Crippen LogP contribution in [0.1, 0.15) is 56.9 Å². The van der Waals surface area contributed by atoms with Crippen molar-refractivity contribution in [1.29, 1.82) is 0 Å². The molecule has 1 saturated carbocycles. The molecule has 0 radical (unpaired) electrons. The van der Waals surface area contributed by atoms with Gasteiger partial charge in [-0.3, -0.25) is 4.79 Å². The van der Waals surface area contributed by atoms with E-state index in [9.17, 15) is 4.79 Å². The molecule has 0 spiro atoms. The number of aromatic amines is 1. The summed E-state index contributed by atoms with van der Waals surface area (Å²) in [5.74, 6) is 2.39. The minimum absolute atomic E-state index is 0.0292. The smallest absolute Gasteiger partial charge is 0.247 e. The Balaban J connectivity index is 1.07. The molecule has 2 heterocycles. The molecule has 3 aromatic rings. The standard InChI is InChI=1S/C32H36N6O3/c39-32-29-15-6-5-14-28(29)30(35-38(32)25-11-3-1-2-4-12-25)24-10-9-13-27(22-24)41-21-8-7-20-40-26-18-16-23(17-19-26)31-33-36-37-34-31/h5-10,13,16-19,22,25,28-29H,1-4,11-12,14-15,20-21H2,(H,33,34,36,37)/b8-7-/t28-,29+/m0/s1. The first kappa shape index (κ1) is 26.9. The van der Waals surface area contributed by atoms with Crippen LogP contribution in [0, 0.1) is 11.8 Å². The summed E-state index contributed by atoms with van der Waals surface area (Å²) >= 11 is 0. The minimum Gasteiger partial charge on any atom is -0.490 e. The van der Waals surface area contributed by atoms with Crippen LogP contribution < -0.4 is 9.47 Å². The van der Waals surface area contributed by atoms with Gasteiger partial charge in [-0.05, 0) is 79.4 Å². The summed E-state index contributed by atoms with van der Waals surface area (Å²) in [7, 11) is 0. The molecule has 2 aromatic carbocycles. The molecule has 0 saturated heterocycles. The van der Waals surface area contributed by atoms with Crippen molar-refractivity contribution in [3.05, 3.63) is 78.4 Å². The lowest BCUT2D eigenvalue weighted by Gasteiger charge is -2.40. The highest BCUT2D eigenvalue weighted by Gasteiger charge is 2.42. The molecule has 9 heteroatoms. The second-order valence-electron chi connectivity index (χ2n) is 10.9. The van der Waals surface area contributed by atoms with Gasteiger partial charge in [0.1, 0.15) is 24.7 Å². The number of ether oxygens (including phenoxy) is 2. The van der Waals surface area contributed by atoms with Crippen LogP contribution in [0.2, 0.25) is 0 Å². The Labute approximate surface area is 240 Å². The molecule has 41 heavy (non-hydrogen) atoms. The Hall–Kier alpha value is -4.27. The average molecular weight is 553 g/mol. The number of carbonyl (C=O) groups excluding carboxylic acids is 1. The molecule has 1 N–H and O–H groups in total. The quantitative estimate of drug-likeness (QED) is 0.268. The number of fused-ring (bicyclic) bond motifs is 1. The highest BCUT2D eigenvalue weighted by Crippen LogP contribution is 2.37. The fraction of sp³-hybridized carbons (Fsp3) is 0.406. The number of H-pyrrole nitrogens is 1. The van der Waals surface area contributed by atoms with Gasteiger partial charge in [-0.1, -0.05) is 50.0 Å². The lowest BCUT2D eigenvalue weighted by atomic mass is 9.76. The normalized spacial score (nSPS) is 21.4. The van der Waals surface area contributed by atoms with Crippen molar-refractivity contribution < 1.29 is 14.3 Å². The van der Waals surface area contributed by atoms with Crippen molar-refractivity contribution in [2.24, 2.45) is 16.9 Å². The Kier molecular flexibility index (Phi) is 8.49. The van der Waals surface area contributed by atoms with Gasteiger partial charge in [-0.2, -0.15) is 10.3 Å². The van der Waals surface area contributed by atoms with E-state index >= 15 is 0 Å². The fourth-order valence-electron chi connectivity index (χ4n) is 5.99. The first-order chi connectivity index (χ1) is 20.3. The third-order valence-electron chi connectivity index (χ3n) is 8.16. The highest BCUT2D eigenvalue weighted by molar-refractivity contribution is 6.07. The molecule has 1 aromatic heterocycles. The molecular weight excluding hydrogens is 516 g/mol. The summed E-state index contributed by atoms with van der Waals surface area (Å²) in [6, 6.07) is 15.9. The van der Waals surface area contributed by atoms with Gasteiger partial charge in [0.2, 0.25) is 11.7 Å². The number of hydrogen-bond donors (Lipinski definition) is 1. The minimum atomic E-state index is -0.0292. The van der Waals surface area contributed by atoms with E-state index in [0.717, 1.165) is 54.0 Å². The lowest BCUT2D eigenvalue weighted by molar-refractivity contribution is -0.140. The lowest BCUT2D eigenvalue weighted by Crippen LogP contribution is -2.49. The van der Waals surface area contributed by atoms with E-state index in [1.165, 1.54) is 25.7 Å². The Morgan fingerprint density at radius 1 is 0.854 bits per heavy atom. The first-order valence-electron chi connectivity index (χ1n) is 14.7. The number of benzene rings is 2. The first-order valence-corrected chi connectivity index (χ1v) is 14.7. The molecule has 1 aliphatic heterocycles. The van der Waals surface area contributed by atoms with Crippen LogP contribution in [-0.2, 0) is 4.79 Å². The third-order valence-corrected chi connectivity index (χ3v) is 8.16.